The maximum Gasteiger partial charge on any atom is 0.326 e. The number of ether oxygens (including phenoxy) is 3. The van der Waals surface area contributed by atoms with E-state index >= 15 is 0 Å². The molecule has 0 aromatic carbocycles. The first-order valence-corrected chi connectivity index (χ1v) is 15.3. The van der Waals surface area contributed by atoms with Gasteiger partial charge in [-0.2, -0.15) is 0 Å². The van der Waals surface area contributed by atoms with Crippen LogP contribution in [0.25, 0.3) is 0 Å². The van der Waals surface area contributed by atoms with Crippen LogP contribution < -0.4 is 5.32 Å². The zero-order valence-electron chi connectivity index (χ0n) is 27.8. The van der Waals surface area contributed by atoms with Crippen LogP contribution in [0.2, 0.25) is 0 Å². The third kappa shape index (κ3) is 25.7. The predicted octanol–water partition coefficient (Wildman–Crippen LogP) is 4.51. The summed E-state index contributed by atoms with van der Waals surface area (Å²) >= 11 is 0. The second-order valence-electron chi connectivity index (χ2n) is 12.4. The van der Waals surface area contributed by atoms with Gasteiger partial charge in [0, 0.05) is 62.6 Å². The summed E-state index contributed by atoms with van der Waals surface area (Å²) in [4.78, 5) is 68.3. The van der Waals surface area contributed by atoms with Gasteiger partial charge in [-0.3, -0.25) is 24.0 Å². The number of hydrogen-bond donors (Lipinski definition) is 2. The van der Waals surface area contributed by atoms with Crippen molar-refractivity contribution in [2.24, 2.45) is 10.8 Å². The van der Waals surface area contributed by atoms with Crippen molar-refractivity contribution in [3.8, 4) is 0 Å². The largest absolute Gasteiger partial charge is 0.480 e. The van der Waals surface area contributed by atoms with E-state index in [1.807, 2.05) is 48.5 Å². The Morgan fingerprint density at radius 2 is 1.14 bits per heavy atom. The van der Waals surface area contributed by atoms with Crippen molar-refractivity contribution in [3.05, 3.63) is 0 Å². The number of Topliss-reactive ketones (excluding diaryl/α,β-unsaturated/α-hetero) is 4. The lowest BCUT2D eigenvalue weighted by Gasteiger charge is -2.16. The first-order chi connectivity index (χ1) is 19.9. The van der Waals surface area contributed by atoms with Crippen LogP contribution in [0, 0.1) is 10.8 Å². The number of aliphatic carboxylic acids is 1. The highest BCUT2D eigenvalue weighted by Crippen LogP contribution is 2.16. The number of nitrogens with one attached hydrogen (secondary N) is 1. The third-order valence-electron chi connectivity index (χ3n) is 6.30. The molecule has 0 heterocycles. The van der Waals surface area contributed by atoms with Gasteiger partial charge in [0.05, 0.1) is 19.8 Å². The van der Waals surface area contributed by atoms with Crippen molar-refractivity contribution < 1.29 is 48.1 Å². The normalized spacial score (nSPS) is 12.1. The van der Waals surface area contributed by atoms with Crippen molar-refractivity contribution >= 4 is 35.0 Å². The van der Waals surface area contributed by atoms with E-state index in [1.54, 1.807) is 6.92 Å². The number of carbonyl (C=O) groups excluding carboxylic acids is 5. The van der Waals surface area contributed by atoms with Crippen LogP contribution in [-0.4, -0.2) is 85.8 Å². The van der Waals surface area contributed by atoms with Crippen LogP contribution in [-0.2, 0) is 43.0 Å². The van der Waals surface area contributed by atoms with Crippen molar-refractivity contribution in [3.63, 3.8) is 0 Å². The van der Waals surface area contributed by atoms with E-state index in [2.05, 4.69) is 5.32 Å². The second kappa shape index (κ2) is 23.9. The molecule has 250 valence electrons. The summed E-state index contributed by atoms with van der Waals surface area (Å²) in [6.07, 6.45) is 3.60. The molecule has 0 radical (unpaired) electrons. The molecule has 0 rings (SSSR count). The Hall–Kier alpha value is -2.50. The number of carbonyl (C=O) groups is 6. The first-order valence-electron chi connectivity index (χ1n) is 15.3. The van der Waals surface area contributed by atoms with E-state index in [4.69, 9.17) is 19.3 Å². The van der Waals surface area contributed by atoms with Crippen LogP contribution in [0.3, 0.4) is 0 Å². The Kier molecular flexibility index (Phi) is 23.7. The van der Waals surface area contributed by atoms with Crippen molar-refractivity contribution in [1.82, 2.24) is 5.32 Å². The molecule has 0 aliphatic carbocycles. The third-order valence-corrected chi connectivity index (χ3v) is 6.30. The van der Waals surface area contributed by atoms with Crippen molar-refractivity contribution in [2.45, 2.75) is 119 Å². The summed E-state index contributed by atoms with van der Waals surface area (Å²) in [5, 5.41) is 11.4. The fraction of sp³-hybridized carbons (Fsp3) is 0.812. The van der Waals surface area contributed by atoms with Gasteiger partial charge in [0.25, 0.3) is 0 Å². The molecule has 0 spiro atoms. The summed E-state index contributed by atoms with van der Waals surface area (Å²) in [6.45, 7) is 16.9. The van der Waals surface area contributed by atoms with Gasteiger partial charge in [0.2, 0.25) is 5.91 Å². The van der Waals surface area contributed by atoms with Crippen molar-refractivity contribution in [2.75, 3.05) is 39.6 Å². The number of carboxylic acids is 1. The van der Waals surface area contributed by atoms with E-state index in [9.17, 15) is 28.8 Å². The lowest BCUT2D eigenvalue weighted by Crippen LogP contribution is -2.40. The zero-order valence-corrected chi connectivity index (χ0v) is 27.8. The minimum atomic E-state index is -1.14. The topological polar surface area (TPSA) is 162 Å². The molecule has 0 saturated carbocycles. The monoisotopic (exact) mass is 615 g/mol. The zero-order chi connectivity index (χ0) is 33.5. The molecule has 0 saturated heterocycles. The van der Waals surface area contributed by atoms with Gasteiger partial charge in [-0.1, -0.05) is 55.4 Å². The van der Waals surface area contributed by atoms with Gasteiger partial charge in [-0.05, 0) is 19.3 Å². The van der Waals surface area contributed by atoms with Gasteiger partial charge in [-0.15, -0.1) is 0 Å². The molecule has 43 heavy (non-hydrogen) atoms. The van der Waals surface area contributed by atoms with Crippen LogP contribution in [0.4, 0.5) is 0 Å². The highest BCUT2D eigenvalue weighted by Gasteiger charge is 2.22. The Morgan fingerprint density at radius 1 is 0.628 bits per heavy atom. The van der Waals surface area contributed by atoms with Gasteiger partial charge in [0.15, 0.2) is 5.78 Å². The molecule has 0 aliphatic rings. The summed E-state index contributed by atoms with van der Waals surface area (Å²) in [5.74, 6) is -1.04. The summed E-state index contributed by atoms with van der Waals surface area (Å²) < 4.78 is 15.9. The fourth-order valence-corrected chi connectivity index (χ4v) is 3.15. The number of hydrogen-bond acceptors (Lipinski definition) is 9. The molecule has 0 fully saturated rings. The lowest BCUT2D eigenvalue weighted by atomic mass is 9.89. The SMILES string of the molecule is CCC(=O)CCCOCCC(=O)C(C)(C)C.CCC(=O)N[C@@H](CCC(=O)CCCOCCOCC(=O)C(C)(C)C)C(=O)O. The second-order valence-corrected chi connectivity index (χ2v) is 12.4. The van der Waals surface area contributed by atoms with E-state index in [-0.39, 0.29) is 66.7 Å². The number of carboxylic acid groups (broad SMARTS) is 1. The molecule has 11 heteroatoms. The number of ketones is 4. The van der Waals surface area contributed by atoms with E-state index in [1.165, 1.54) is 0 Å². The minimum absolute atomic E-state index is 0.0305. The standard InChI is InChI=1S/C19H33NO7.C13H24O3/c1-5-17(23)20-15(18(24)25)9-8-14(21)7-6-10-26-11-12-27-13-16(22)19(2,3)4;1-5-11(14)7-6-9-16-10-8-12(15)13(2,3)4/h15H,5-13H2,1-4H3,(H,20,23)(H,24,25);5-10H2,1-4H3/t15-;/m0./s1. The molecule has 0 unspecified atom stereocenters. The van der Waals surface area contributed by atoms with E-state index < -0.39 is 17.4 Å². The van der Waals surface area contributed by atoms with Gasteiger partial charge in [-0.25, -0.2) is 4.79 Å². The molecule has 1 atom stereocenters. The van der Waals surface area contributed by atoms with E-state index in [0.717, 1.165) is 6.42 Å². The molecule has 0 bridgehead atoms. The predicted molar refractivity (Wildman–Crippen MR) is 164 cm³/mol. The first kappa shape index (κ1) is 42.6. The lowest BCUT2D eigenvalue weighted by molar-refractivity contribution is -0.142. The average molecular weight is 616 g/mol. The summed E-state index contributed by atoms with van der Waals surface area (Å²) in [7, 11) is 0. The molecular weight excluding hydrogens is 558 g/mol. The molecule has 0 aromatic heterocycles. The molecule has 11 nitrogen and oxygen atoms in total. The van der Waals surface area contributed by atoms with Gasteiger partial charge < -0.3 is 24.6 Å². The Balaban J connectivity index is 0. The Morgan fingerprint density at radius 3 is 1.63 bits per heavy atom. The molecule has 2 N–H and O–H groups in total. The van der Waals surface area contributed by atoms with Gasteiger partial charge in [0.1, 0.15) is 30.0 Å². The maximum absolute atomic E-state index is 11.8. The highest BCUT2D eigenvalue weighted by atomic mass is 16.5. The number of rotatable bonds is 23. The minimum Gasteiger partial charge on any atom is -0.480 e. The molecular formula is C32H57NO10. The van der Waals surface area contributed by atoms with Crippen LogP contribution in [0.1, 0.15) is 113 Å². The molecule has 0 aromatic rings. The fourth-order valence-electron chi connectivity index (χ4n) is 3.15. The number of amides is 1. The Bertz CT molecular complexity index is 855. The van der Waals surface area contributed by atoms with E-state index in [0.29, 0.717) is 58.7 Å². The molecule has 1 amide bonds. The maximum atomic E-state index is 11.8. The van der Waals surface area contributed by atoms with Crippen LogP contribution >= 0.6 is 0 Å². The van der Waals surface area contributed by atoms with Crippen molar-refractivity contribution in [1.29, 1.82) is 0 Å². The summed E-state index contributed by atoms with van der Waals surface area (Å²) in [6, 6.07) is -1.04. The average Bonchev–Trinajstić information content (AvgIpc) is 2.92. The van der Waals surface area contributed by atoms with Crippen LogP contribution in [0.15, 0.2) is 0 Å². The quantitative estimate of drug-likeness (QED) is 0.156. The highest BCUT2D eigenvalue weighted by molar-refractivity contribution is 5.85. The van der Waals surface area contributed by atoms with Gasteiger partial charge >= 0.3 is 5.97 Å². The smallest absolute Gasteiger partial charge is 0.326 e. The molecule has 0 aliphatic heterocycles. The van der Waals surface area contributed by atoms with Crippen LogP contribution in [0.5, 0.6) is 0 Å². The summed E-state index contributed by atoms with van der Waals surface area (Å²) in [5.41, 5.74) is -0.693. The Labute approximate surface area is 258 Å².